The van der Waals surface area contributed by atoms with Crippen LogP contribution in [0.3, 0.4) is 0 Å². The van der Waals surface area contributed by atoms with Gasteiger partial charge in [-0.3, -0.25) is 14.7 Å². The minimum Gasteiger partial charge on any atom is -0.497 e. The van der Waals surface area contributed by atoms with E-state index in [0.717, 1.165) is 11.1 Å². The number of amides is 2. The molecular weight excluding hydrogens is 442 g/mol. The second-order valence-corrected chi connectivity index (χ2v) is 8.52. The molecule has 4 rings (SSSR count). The lowest BCUT2D eigenvalue weighted by atomic mass is 9.84. The molecule has 1 aromatic heterocycles. The highest BCUT2D eigenvalue weighted by Gasteiger charge is 2.38. The van der Waals surface area contributed by atoms with Crippen molar-refractivity contribution in [3.05, 3.63) is 71.4 Å². The fourth-order valence-electron chi connectivity index (χ4n) is 4.31. The van der Waals surface area contributed by atoms with Crippen molar-refractivity contribution in [3.8, 4) is 17.0 Å². The average Bonchev–Trinajstić information content (AvgIpc) is 3.45. The lowest BCUT2D eigenvalue weighted by Gasteiger charge is -2.29. The number of H-pyrrole nitrogens is 1. The molecule has 7 nitrogen and oxygen atoms in total. The fourth-order valence-corrected chi connectivity index (χ4v) is 4.31. The summed E-state index contributed by atoms with van der Waals surface area (Å²) >= 11 is 0. The molecule has 0 saturated carbocycles. The second-order valence-electron chi connectivity index (χ2n) is 8.52. The molecule has 0 unspecified atom stereocenters. The number of carbonyl (C=O) groups is 2. The number of hydrogen-bond acceptors (Lipinski definition) is 4. The van der Waals surface area contributed by atoms with E-state index < -0.39 is 5.54 Å². The van der Waals surface area contributed by atoms with Crippen LogP contribution in [0.25, 0.3) is 11.3 Å². The summed E-state index contributed by atoms with van der Waals surface area (Å²) in [5.74, 6) is -0.478. The van der Waals surface area contributed by atoms with Gasteiger partial charge < -0.3 is 15.4 Å². The molecule has 1 saturated heterocycles. The highest BCUT2D eigenvalue weighted by Crippen LogP contribution is 2.31. The third-order valence-electron chi connectivity index (χ3n) is 6.17. The van der Waals surface area contributed by atoms with Gasteiger partial charge in [0.2, 0.25) is 11.8 Å². The van der Waals surface area contributed by atoms with E-state index in [0.29, 0.717) is 36.3 Å². The Labute approximate surface area is 195 Å². The normalized spacial score (nSPS) is 17.4. The van der Waals surface area contributed by atoms with Crippen LogP contribution in [0.4, 0.5) is 8.78 Å². The highest BCUT2D eigenvalue weighted by atomic mass is 19.1. The van der Waals surface area contributed by atoms with Crippen molar-refractivity contribution >= 4 is 11.8 Å². The fraction of sp³-hybridized carbons (Fsp3) is 0.320. The lowest BCUT2D eigenvalue weighted by molar-refractivity contribution is -0.122. The van der Waals surface area contributed by atoms with Crippen molar-refractivity contribution < 1.29 is 23.1 Å². The smallest absolute Gasteiger partial charge is 0.220 e. The summed E-state index contributed by atoms with van der Waals surface area (Å²) in [6.45, 7) is 0.242. The molecule has 1 atom stereocenters. The second kappa shape index (κ2) is 10.0. The van der Waals surface area contributed by atoms with Crippen LogP contribution in [0.1, 0.15) is 36.8 Å². The molecule has 2 amide bonds. The first-order valence-electron chi connectivity index (χ1n) is 11.1. The van der Waals surface area contributed by atoms with E-state index in [2.05, 4.69) is 20.8 Å². The van der Waals surface area contributed by atoms with E-state index >= 15 is 0 Å². The van der Waals surface area contributed by atoms with Gasteiger partial charge in [-0.1, -0.05) is 0 Å². The largest absolute Gasteiger partial charge is 0.497 e. The number of hydrogen-bond donors (Lipinski definition) is 3. The number of methoxy groups -OCH3 is 1. The van der Waals surface area contributed by atoms with Gasteiger partial charge in [0.25, 0.3) is 0 Å². The predicted molar refractivity (Wildman–Crippen MR) is 122 cm³/mol. The Morgan fingerprint density at radius 3 is 2.68 bits per heavy atom. The molecule has 0 bridgehead atoms. The Hall–Kier alpha value is -3.75. The minimum absolute atomic E-state index is 0.106. The summed E-state index contributed by atoms with van der Waals surface area (Å²) in [6, 6.07) is 10.5. The van der Waals surface area contributed by atoms with Crippen LogP contribution in [0.5, 0.6) is 5.75 Å². The molecule has 1 fully saturated rings. The molecular formula is C25H26F2N4O3. The molecule has 34 heavy (non-hydrogen) atoms. The topological polar surface area (TPSA) is 96.1 Å². The third kappa shape index (κ3) is 5.41. The standard InChI is InChI=1S/C25H26F2N4O3/c1-34-20-6-7-21(27)17(12-20)13-25(11-9-23(33)30-25)10-8-22(32)28-14-18-15-29-31-24(18)16-2-4-19(26)5-3-16/h2-7,12,15H,8-11,13-14H2,1H3,(H,28,32)(H,29,31)(H,30,33)/t25-/m1/s1. The maximum Gasteiger partial charge on any atom is 0.220 e. The third-order valence-corrected chi connectivity index (χ3v) is 6.17. The monoisotopic (exact) mass is 468 g/mol. The van der Waals surface area contributed by atoms with Crippen LogP contribution in [-0.2, 0) is 22.6 Å². The zero-order chi connectivity index (χ0) is 24.1. The molecule has 178 valence electrons. The number of carbonyl (C=O) groups excluding carboxylic acids is 2. The molecule has 0 spiro atoms. The van der Waals surface area contributed by atoms with Crippen molar-refractivity contribution in [2.24, 2.45) is 0 Å². The van der Waals surface area contributed by atoms with Gasteiger partial charge in [-0.15, -0.1) is 0 Å². The summed E-state index contributed by atoms with van der Waals surface area (Å²) in [7, 11) is 1.51. The van der Waals surface area contributed by atoms with Gasteiger partial charge in [0.15, 0.2) is 0 Å². The molecule has 3 aromatic rings. The number of rotatable bonds is 9. The summed E-state index contributed by atoms with van der Waals surface area (Å²) in [4.78, 5) is 24.6. The van der Waals surface area contributed by atoms with Crippen LogP contribution in [0.2, 0.25) is 0 Å². The number of aromatic amines is 1. The number of nitrogens with zero attached hydrogens (tertiary/aromatic N) is 1. The molecule has 9 heteroatoms. The molecule has 1 aliphatic heterocycles. The Morgan fingerprint density at radius 2 is 1.97 bits per heavy atom. The van der Waals surface area contributed by atoms with Gasteiger partial charge in [-0.05, 0) is 67.3 Å². The van der Waals surface area contributed by atoms with Gasteiger partial charge in [0.1, 0.15) is 17.4 Å². The number of aromatic nitrogens is 2. The average molecular weight is 469 g/mol. The minimum atomic E-state index is -0.698. The summed E-state index contributed by atoms with van der Waals surface area (Å²) < 4.78 is 32.8. The quantitative estimate of drug-likeness (QED) is 0.447. The van der Waals surface area contributed by atoms with Crippen LogP contribution >= 0.6 is 0 Å². The van der Waals surface area contributed by atoms with Gasteiger partial charge in [-0.25, -0.2) is 8.78 Å². The van der Waals surface area contributed by atoms with Gasteiger partial charge in [0.05, 0.1) is 19.0 Å². The zero-order valence-corrected chi connectivity index (χ0v) is 18.8. The van der Waals surface area contributed by atoms with E-state index in [1.54, 1.807) is 30.5 Å². The molecule has 0 radical (unpaired) electrons. The predicted octanol–water partition coefficient (Wildman–Crippen LogP) is 3.65. The van der Waals surface area contributed by atoms with Crippen LogP contribution in [-0.4, -0.2) is 34.7 Å². The lowest BCUT2D eigenvalue weighted by Crippen LogP contribution is -2.44. The van der Waals surface area contributed by atoms with Crippen molar-refractivity contribution in [2.45, 2.75) is 44.2 Å². The van der Waals surface area contributed by atoms with Gasteiger partial charge in [-0.2, -0.15) is 5.10 Å². The van der Waals surface area contributed by atoms with E-state index in [1.165, 1.54) is 25.3 Å². The Balaban J connectivity index is 1.39. The molecule has 2 heterocycles. The van der Waals surface area contributed by atoms with E-state index in [9.17, 15) is 18.4 Å². The maximum atomic E-state index is 14.4. The number of ether oxygens (including phenoxy) is 1. The SMILES string of the molecule is COc1ccc(F)c(C[C@@]2(CCC(=O)NCc3cn[nH]c3-c3ccc(F)cc3)CCC(=O)N2)c1. The molecule has 3 N–H and O–H groups in total. The number of halogens is 2. The van der Waals surface area contributed by atoms with Crippen molar-refractivity contribution in [3.63, 3.8) is 0 Å². The highest BCUT2D eigenvalue weighted by molar-refractivity contribution is 5.80. The summed E-state index contributed by atoms with van der Waals surface area (Å²) in [5.41, 5.74) is 1.97. The van der Waals surface area contributed by atoms with E-state index in [-0.39, 0.29) is 42.8 Å². The molecule has 1 aliphatic rings. The summed E-state index contributed by atoms with van der Waals surface area (Å²) in [6.07, 6.45) is 3.28. The van der Waals surface area contributed by atoms with E-state index in [4.69, 9.17) is 4.74 Å². The summed E-state index contributed by atoms with van der Waals surface area (Å²) in [5, 5.41) is 12.8. The van der Waals surface area contributed by atoms with Gasteiger partial charge >= 0.3 is 0 Å². The first kappa shape index (κ1) is 23.4. The molecule has 0 aliphatic carbocycles. The van der Waals surface area contributed by atoms with Gasteiger partial charge in [0, 0.05) is 36.1 Å². The molecule has 2 aromatic carbocycles. The number of benzene rings is 2. The Morgan fingerprint density at radius 1 is 1.18 bits per heavy atom. The van der Waals surface area contributed by atoms with Crippen LogP contribution in [0, 0.1) is 11.6 Å². The Kier molecular flexibility index (Phi) is 6.90. The first-order chi connectivity index (χ1) is 16.4. The zero-order valence-electron chi connectivity index (χ0n) is 18.8. The van der Waals surface area contributed by atoms with E-state index in [1.807, 2.05) is 0 Å². The Bertz CT molecular complexity index is 1180. The maximum absolute atomic E-state index is 14.4. The van der Waals surface area contributed by atoms with Crippen molar-refractivity contribution in [1.29, 1.82) is 0 Å². The van der Waals surface area contributed by atoms with Crippen molar-refractivity contribution in [1.82, 2.24) is 20.8 Å². The van der Waals surface area contributed by atoms with Crippen LogP contribution < -0.4 is 15.4 Å². The first-order valence-corrected chi connectivity index (χ1v) is 11.1. The van der Waals surface area contributed by atoms with Crippen LogP contribution in [0.15, 0.2) is 48.7 Å². The number of nitrogens with one attached hydrogen (secondary N) is 3. The van der Waals surface area contributed by atoms with Crippen molar-refractivity contribution in [2.75, 3.05) is 7.11 Å².